The molecule has 2 aromatic heterocycles. The Morgan fingerprint density at radius 1 is 1.00 bits per heavy atom. The fourth-order valence-electron chi connectivity index (χ4n) is 8.07. The fourth-order valence-corrected chi connectivity index (χ4v) is 9.14. The van der Waals surface area contributed by atoms with E-state index in [-0.39, 0.29) is 57.9 Å². The summed E-state index contributed by atoms with van der Waals surface area (Å²) < 4.78 is 95.7. The number of anilines is 2. The van der Waals surface area contributed by atoms with Gasteiger partial charge in [0.2, 0.25) is 5.91 Å². The number of nitrogens with zero attached hydrogens (tertiary/aromatic N) is 6. The van der Waals surface area contributed by atoms with Gasteiger partial charge in [0.1, 0.15) is 46.0 Å². The van der Waals surface area contributed by atoms with E-state index in [4.69, 9.17) is 14.2 Å². The number of piperazine rings is 1. The molecule has 0 radical (unpaired) electrons. The summed E-state index contributed by atoms with van der Waals surface area (Å²) in [7, 11) is 0. The molecule has 2 aromatic carbocycles. The SMILES string of the molecule is CC(=O)N1CC(C)(COc2nc(N3CC4CCC(C3)N4C(=O)OC(C)(C)C)c3cc(C(F)(F)F)c(-c4ccc(F)c5sc(NC(=O)OC(C)(C)C)c(C#N)c45)c(F)c3n2)C1. The first kappa shape index (κ1) is 42.6. The van der Waals surface area contributed by atoms with Crippen molar-refractivity contribution in [3.8, 4) is 23.2 Å². The molecular formula is C41H44F5N7O6S. The molecule has 1 N–H and O–H groups in total. The van der Waals surface area contributed by atoms with Crippen LogP contribution in [0.4, 0.5) is 42.4 Å². The number of aromatic nitrogens is 2. The van der Waals surface area contributed by atoms with E-state index >= 15 is 22.0 Å². The molecule has 13 nitrogen and oxygen atoms in total. The molecule has 3 saturated heterocycles. The molecule has 3 amide bonds. The van der Waals surface area contributed by atoms with Crippen LogP contribution in [0.3, 0.4) is 0 Å². The maximum atomic E-state index is 17.5. The third-order valence-electron chi connectivity index (χ3n) is 10.5. The summed E-state index contributed by atoms with van der Waals surface area (Å²) in [5.74, 6) is -2.54. The summed E-state index contributed by atoms with van der Waals surface area (Å²) in [4.78, 5) is 51.8. The lowest BCUT2D eigenvalue weighted by molar-refractivity contribution is -0.141. The van der Waals surface area contributed by atoms with E-state index in [2.05, 4.69) is 15.3 Å². The molecule has 2 bridgehead atoms. The Morgan fingerprint density at radius 2 is 1.63 bits per heavy atom. The fraction of sp³-hybridized carbons (Fsp3) is 0.512. The third-order valence-corrected chi connectivity index (χ3v) is 11.6. The van der Waals surface area contributed by atoms with Gasteiger partial charge in [-0.3, -0.25) is 15.0 Å². The molecule has 3 aliphatic heterocycles. The summed E-state index contributed by atoms with van der Waals surface area (Å²) in [5.41, 5.74) is -6.12. The average molecular weight is 858 g/mol. The van der Waals surface area contributed by atoms with Crippen LogP contribution in [0, 0.1) is 28.4 Å². The third kappa shape index (κ3) is 8.17. The highest BCUT2D eigenvalue weighted by Gasteiger charge is 2.46. The number of carbonyl (C=O) groups is 3. The van der Waals surface area contributed by atoms with E-state index in [1.807, 2.05) is 13.0 Å². The molecule has 7 rings (SSSR count). The highest BCUT2D eigenvalue weighted by molar-refractivity contribution is 7.23. The maximum Gasteiger partial charge on any atom is 0.417 e. The van der Waals surface area contributed by atoms with Crippen molar-refractivity contribution in [1.29, 1.82) is 5.26 Å². The van der Waals surface area contributed by atoms with Gasteiger partial charge in [0.25, 0.3) is 0 Å². The smallest absolute Gasteiger partial charge is 0.417 e. The predicted molar refractivity (Wildman–Crippen MR) is 213 cm³/mol. The first-order valence-electron chi connectivity index (χ1n) is 19.3. The van der Waals surface area contributed by atoms with Crippen LogP contribution in [0.2, 0.25) is 0 Å². The maximum absolute atomic E-state index is 17.5. The standard InChI is InChI=1S/C41H44F5N7O6S/c1-20(54)52-17-40(8,18-52)19-57-35-48-31-24(33(49-35)51-15-21-9-10-22(16-51)53(21)37(56)59-39(5,6)7)13-26(41(44,45)46)29(30(31)43)23-11-12-27(42)32-28(23)25(14-47)34(60-32)50-36(55)58-38(2,3)4/h11-13,21-22H,9-10,15-19H2,1-8H3,(H,50,55). The van der Waals surface area contributed by atoms with E-state index in [0.717, 1.165) is 18.2 Å². The second-order valence-electron chi connectivity index (χ2n) is 17.8. The van der Waals surface area contributed by atoms with Gasteiger partial charge in [0.15, 0.2) is 5.82 Å². The molecule has 3 aliphatic rings. The van der Waals surface area contributed by atoms with Gasteiger partial charge < -0.3 is 24.0 Å². The lowest BCUT2D eigenvalue weighted by atomic mass is 9.83. The van der Waals surface area contributed by atoms with Crippen molar-refractivity contribution in [1.82, 2.24) is 19.8 Å². The van der Waals surface area contributed by atoms with E-state index in [9.17, 15) is 19.6 Å². The number of fused-ring (bicyclic) bond motifs is 4. The minimum atomic E-state index is -5.20. The highest BCUT2D eigenvalue weighted by Crippen LogP contribution is 2.49. The van der Waals surface area contributed by atoms with Crippen LogP contribution in [0.5, 0.6) is 6.01 Å². The van der Waals surface area contributed by atoms with Crippen LogP contribution < -0.4 is 15.0 Å². The number of nitriles is 1. The number of nitrogens with one attached hydrogen (secondary N) is 1. The second kappa shape index (κ2) is 14.9. The summed E-state index contributed by atoms with van der Waals surface area (Å²) in [5, 5.41) is 11.8. The summed E-state index contributed by atoms with van der Waals surface area (Å²) in [6, 6.07) is 3.26. The molecule has 0 spiro atoms. The van der Waals surface area contributed by atoms with Gasteiger partial charge >= 0.3 is 24.4 Å². The van der Waals surface area contributed by atoms with Crippen LogP contribution in [-0.4, -0.2) is 93.9 Å². The van der Waals surface area contributed by atoms with Gasteiger partial charge in [-0.15, -0.1) is 11.3 Å². The van der Waals surface area contributed by atoms with Gasteiger partial charge in [0, 0.05) is 54.9 Å². The van der Waals surface area contributed by atoms with Crippen LogP contribution in [0.1, 0.15) is 79.4 Å². The first-order valence-corrected chi connectivity index (χ1v) is 20.1. The summed E-state index contributed by atoms with van der Waals surface area (Å²) in [6.07, 6.45) is -5.56. The van der Waals surface area contributed by atoms with Crippen molar-refractivity contribution in [3.63, 3.8) is 0 Å². The Kier molecular flexibility index (Phi) is 10.6. The van der Waals surface area contributed by atoms with Gasteiger partial charge in [-0.1, -0.05) is 13.0 Å². The minimum Gasteiger partial charge on any atom is -0.463 e. The Labute approximate surface area is 346 Å². The molecule has 4 aromatic rings. The molecule has 5 heterocycles. The van der Waals surface area contributed by atoms with Gasteiger partial charge in [-0.05, 0) is 72.1 Å². The lowest BCUT2D eigenvalue weighted by Crippen LogP contribution is -2.58. The monoisotopic (exact) mass is 857 g/mol. The number of alkyl halides is 3. The molecule has 2 atom stereocenters. The zero-order valence-corrected chi connectivity index (χ0v) is 35.1. The molecule has 320 valence electrons. The number of hydrogen-bond acceptors (Lipinski definition) is 11. The van der Waals surface area contributed by atoms with E-state index in [1.54, 1.807) is 56.2 Å². The summed E-state index contributed by atoms with van der Waals surface area (Å²) in [6.45, 7) is 14.3. The number of halogens is 5. The van der Waals surface area contributed by atoms with Gasteiger partial charge in [-0.2, -0.15) is 28.4 Å². The number of likely N-dealkylation sites (tertiary alicyclic amines) is 1. The van der Waals surface area contributed by atoms with Crippen molar-refractivity contribution >= 4 is 61.2 Å². The Balaban J connectivity index is 1.39. The number of carbonyl (C=O) groups excluding carboxylic acids is 3. The van der Waals surface area contributed by atoms with Crippen molar-refractivity contribution in [2.75, 3.05) is 43.0 Å². The normalized spacial score (nSPS) is 19.0. The van der Waals surface area contributed by atoms with Crippen molar-refractivity contribution < 1.29 is 50.5 Å². The molecular weight excluding hydrogens is 814 g/mol. The minimum absolute atomic E-state index is 0.0129. The van der Waals surface area contributed by atoms with Crippen LogP contribution in [0.25, 0.3) is 32.1 Å². The van der Waals surface area contributed by atoms with Crippen LogP contribution in [0.15, 0.2) is 18.2 Å². The van der Waals surface area contributed by atoms with Gasteiger partial charge in [-0.25, -0.2) is 18.4 Å². The van der Waals surface area contributed by atoms with E-state index in [0.29, 0.717) is 37.3 Å². The second-order valence-corrected chi connectivity index (χ2v) is 18.9. The van der Waals surface area contributed by atoms with Crippen molar-refractivity contribution in [2.24, 2.45) is 5.41 Å². The lowest BCUT2D eigenvalue weighted by Gasteiger charge is -2.47. The number of benzene rings is 2. The largest absolute Gasteiger partial charge is 0.463 e. The topological polar surface area (TPSA) is 150 Å². The number of rotatable bonds is 6. The molecule has 0 saturated carbocycles. The highest BCUT2D eigenvalue weighted by atomic mass is 32.1. The van der Waals surface area contributed by atoms with Crippen molar-refractivity contribution in [2.45, 2.75) is 97.7 Å². The average Bonchev–Trinajstić information content (AvgIpc) is 3.61. The zero-order valence-electron chi connectivity index (χ0n) is 34.3. The Hall–Kier alpha value is -5.51. The Bertz CT molecular complexity index is 2450. The molecule has 0 aliphatic carbocycles. The van der Waals surface area contributed by atoms with Crippen molar-refractivity contribution in [3.05, 3.63) is 41.0 Å². The molecule has 19 heteroatoms. The number of hydrogen-bond donors (Lipinski definition) is 1. The predicted octanol–water partition coefficient (Wildman–Crippen LogP) is 8.86. The molecule has 3 fully saturated rings. The number of thiophene rings is 1. The van der Waals surface area contributed by atoms with Crippen LogP contribution in [-0.2, 0) is 20.4 Å². The quantitative estimate of drug-likeness (QED) is 0.186. The zero-order chi connectivity index (χ0) is 43.9. The first-order chi connectivity index (χ1) is 27.9. The van der Waals surface area contributed by atoms with E-state index < -0.39 is 86.5 Å². The van der Waals surface area contributed by atoms with Crippen LogP contribution >= 0.6 is 11.3 Å². The number of ether oxygens (including phenoxy) is 3. The Morgan fingerprint density at radius 3 is 2.20 bits per heavy atom. The number of amides is 3. The molecule has 60 heavy (non-hydrogen) atoms. The molecule has 2 unspecified atom stereocenters. The van der Waals surface area contributed by atoms with E-state index in [1.165, 1.54) is 6.92 Å². The van der Waals surface area contributed by atoms with Gasteiger partial charge in [0.05, 0.1) is 27.9 Å². The summed E-state index contributed by atoms with van der Waals surface area (Å²) >= 11 is 0.587.